The number of hydrogen-bond acceptors (Lipinski definition) is 3. The number of aryl methyl sites for hydroxylation is 3. The van der Waals surface area contributed by atoms with Crippen LogP contribution in [0.15, 0.2) is 30.3 Å². The largest absolute Gasteiger partial charge is 0.398 e. The molecule has 0 amide bonds. The molecule has 1 heterocycles. The van der Waals surface area contributed by atoms with Crippen LogP contribution in [0.2, 0.25) is 0 Å². The molecule has 0 unspecified atom stereocenters. The molecule has 0 aliphatic carbocycles. The smallest absolute Gasteiger partial charge is 0.118 e. The average molecular weight is 252 g/mol. The van der Waals surface area contributed by atoms with Crippen molar-refractivity contribution in [2.24, 2.45) is 0 Å². The van der Waals surface area contributed by atoms with E-state index in [0.29, 0.717) is 0 Å². The number of nitrogens with two attached hydrogens (primary N) is 1. The number of nitrogens with zero attached hydrogens (tertiary/aromatic N) is 3. The molecule has 0 aliphatic rings. The van der Waals surface area contributed by atoms with Gasteiger partial charge in [-0.15, -0.1) is 10.2 Å². The van der Waals surface area contributed by atoms with Gasteiger partial charge in [0.25, 0.3) is 0 Å². The van der Waals surface area contributed by atoms with Gasteiger partial charge in [0.05, 0.1) is 5.69 Å². The fraction of sp³-hybridized carbons (Fsp3) is 0.200. The first-order chi connectivity index (χ1) is 9.06. The predicted molar refractivity (Wildman–Crippen MR) is 77.5 cm³/mol. The van der Waals surface area contributed by atoms with Gasteiger partial charge in [0.2, 0.25) is 0 Å². The molecular formula is C15H16N4. The maximum Gasteiger partial charge on any atom is 0.118 e. The molecule has 2 aromatic carbocycles. The summed E-state index contributed by atoms with van der Waals surface area (Å²) in [7, 11) is 0. The fourth-order valence-electron chi connectivity index (χ4n) is 2.18. The average Bonchev–Trinajstić information content (AvgIpc) is 2.81. The molecule has 96 valence electrons. The number of aromatic nitrogens is 3. The molecule has 19 heavy (non-hydrogen) atoms. The second kappa shape index (κ2) is 4.09. The Balaban J connectivity index is 2.22. The quantitative estimate of drug-likeness (QED) is 0.677. The molecule has 2 N–H and O–H groups in total. The van der Waals surface area contributed by atoms with E-state index in [1.807, 2.05) is 32.0 Å². The Bertz CT molecular complexity index is 754. The van der Waals surface area contributed by atoms with Crippen LogP contribution in [0.1, 0.15) is 16.7 Å². The Morgan fingerprint density at radius 1 is 1.00 bits per heavy atom. The van der Waals surface area contributed by atoms with Gasteiger partial charge < -0.3 is 5.73 Å². The third-order valence-electron chi connectivity index (χ3n) is 3.44. The Kier molecular flexibility index (Phi) is 2.52. The summed E-state index contributed by atoms with van der Waals surface area (Å²) in [5, 5.41) is 9.07. The second-order valence-electron chi connectivity index (χ2n) is 4.92. The monoisotopic (exact) mass is 252 g/mol. The van der Waals surface area contributed by atoms with Crippen LogP contribution >= 0.6 is 0 Å². The van der Waals surface area contributed by atoms with Gasteiger partial charge in [0, 0.05) is 11.3 Å². The Morgan fingerprint density at radius 3 is 2.37 bits per heavy atom. The van der Waals surface area contributed by atoms with Crippen LogP contribution in [0, 0.1) is 20.8 Å². The Labute approximate surface area is 111 Å². The third-order valence-corrected chi connectivity index (χ3v) is 3.44. The minimum Gasteiger partial charge on any atom is -0.398 e. The summed E-state index contributed by atoms with van der Waals surface area (Å²) >= 11 is 0. The van der Waals surface area contributed by atoms with E-state index < -0.39 is 0 Å². The molecule has 0 radical (unpaired) electrons. The maximum absolute atomic E-state index is 6.04. The van der Waals surface area contributed by atoms with E-state index in [0.717, 1.165) is 33.5 Å². The van der Waals surface area contributed by atoms with E-state index in [1.165, 1.54) is 5.56 Å². The fourth-order valence-corrected chi connectivity index (χ4v) is 2.18. The van der Waals surface area contributed by atoms with Crippen LogP contribution in [-0.4, -0.2) is 15.0 Å². The molecule has 0 aliphatic heterocycles. The highest BCUT2D eigenvalue weighted by molar-refractivity contribution is 5.84. The highest BCUT2D eigenvalue weighted by Gasteiger charge is 2.11. The van der Waals surface area contributed by atoms with E-state index in [2.05, 4.69) is 29.3 Å². The molecule has 3 aromatic rings. The van der Waals surface area contributed by atoms with E-state index in [-0.39, 0.29) is 0 Å². The highest BCUT2D eigenvalue weighted by Crippen LogP contribution is 2.25. The van der Waals surface area contributed by atoms with Crippen molar-refractivity contribution in [2.75, 3.05) is 5.73 Å². The molecule has 0 fully saturated rings. The minimum absolute atomic E-state index is 0.795. The first kappa shape index (κ1) is 11.7. The van der Waals surface area contributed by atoms with E-state index in [1.54, 1.807) is 4.80 Å². The van der Waals surface area contributed by atoms with Crippen molar-refractivity contribution in [3.63, 3.8) is 0 Å². The third kappa shape index (κ3) is 1.85. The number of benzene rings is 2. The van der Waals surface area contributed by atoms with E-state index >= 15 is 0 Å². The minimum atomic E-state index is 0.795. The van der Waals surface area contributed by atoms with Gasteiger partial charge in [-0.25, -0.2) is 0 Å². The lowest BCUT2D eigenvalue weighted by molar-refractivity contribution is 0.765. The first-order valence-electron chi connectivity index (χ1n) is 6.26. The predicted octanol–water partition coefficient (Wildman–Crippen LogP) is 2.93. The van der Waals surface area contributed by atoms with Crippen LogP contribution < -0.4 is 5.73 Å². The van der Waals surface area contributed by atoms with Crippen molar-refractivity contribution in [3.05, 3.63) is 47.0 Å². The molecule has 0 bridgehead atoms. The van der Waals surface area contributed by atoms with Crippen LogP contribution in [0.5, 0.6) is 0 Å². The zero-order valence-electron chi connectivity index (χ0n) is 11.3. The lowest BCUT2D eigenvalue weighted by Crippen LogP contribution is -1.98. The van der Waals surface area contributed by atoms with E-state index in [9.17, 15) is 0 Å². The zero-order valence-corrected chi connectivity index (χ0v) is 11.3. The molecule has 1 aromatic heterocycles. The van der Waals surface area contributed by atoms with Gasteiger partial charge in [-0.2, -0.15) is 4.80 Å². The molecular weight excluding hydrogens is 236 g/mol. The van der Waals surface area contributed by atoms with Gasteiger partial charge in [-0.1, -0.05) is 17.7 Å². The summed E-state index contributed by atoms with van der Waals surface area (Å²) in [6.45, 7) is 6.04. The van der Waals surface area contributed by atoms with Gasteiger partial charge in [-0.05, 0) is 44.5 Å². The second-order valence-corrected chi connectivity index (χ2v) is 4.92. The molecule has 0 spiro atoms. The molecule has 4 heteroatoms. The summed E-state index contributed by atoms with van der Waals surface area (Å²) in [6, 6.07) is 10.1. The standard InChI is InChI=1S/C15H16N4/c1-9-4-6-12(7-5-9)19-17-13-8-10(2)14(16)11(3)15(13)18-19/h4-8H,16H2,1-3H3. The van der Waals surface area contributed by atoms with Crippen LogP contribution in [-0.2, 0) is 0 Å². The number of nitrogen functional groups attached to an aromatic ring is 1. The van der Waals surface area contributed by atoms with Crippen molar-refractivity contribution in [1.29, 1.82) is 0 Å². The molecule has 0 saturated heterocycles. The van der Waals surface area contributed by atoms with Crippen molar-refractivity contribution >= 4 is 16.7 Å². The summed E-state index contributed by atoms with van der Waals surface area (Å²) in [4.78, 5) is 1.66. The summed E-state index contributed by atoms with van der Waals surface area (Å²) in [6.07, 6.45) is 0. The normalized spacial score (nSPS) is 11.1. The summed E-state index contributed by atoms with van der Waals surface area (Å²) in [5.41, 5.74) is 12.8. The van der Waals surface area contributed by atoms with Gasteiger partial charge in [0.15, 0.2) is 0 Å². The van der Waals surface area contributed by atoms with E-state index in [4.69, 9.17) is 5.73 Å². The number of hydrogen-bond donors (Lipinski definition) is 1. The SMILES string of the molecule is Cc1ccc(-n2nc3cc(C)c(N)c(C)c3n2)cc1. The topological polar surface area (TPSA) is 56.7 Å². The number of rotatable bonds is 1. The zero-order chi connectivity index (χ0) is 13.6. The molecule has 3 rings (SSSR count). The molecule has 0 atom stereocenters. The van der Waals surface area contributed by atoms with Crippen molar-refractivity contribution in [2.45, 2.75) is 20.8 Å². The lowest BCUT2D eigenvalue weighted by atomic mass is 10.1. The first-order valence-corrected chi connectivity index (χ1v) is 6.26. The van der Waals surface area contributed by atoms with Crippen LogP contribution in [0.3, 0.4) is 0 Å². The van der Waals surface area contributed by atoms with Gasteiger partial charge in [0.1, 0.15) is 11.0 Å². The number of fused-ring (bicyclic) bond motifs is 1. The van der Waals surface area contributed by atoms with Crippen LogP contribution in [0.4, 0.5) is 5.69 Å². The summed E-state index contributed by atoms with van der Waals surface area (Å²) in [5.74, 6) is 0. The molecule has 0 saturated carbocycles. The summed E-state index contributed by atoms with van der Waals surface area (Å²) < 4.78 is 0. The van der Waals surface area contributed by atoms with Crippen molar-refractivity contribution in [3.8, 4) is 5.69 Å². The lowest BCUT2D eigenvalue weighted by Gasteiger charge is -2.02. The Hall–Kier alpha value is -2.36. The van der Waals surface area contributed by atoms with Gasteiger partial charge >= 0.3 is 0 Å². The molecule has 4 nitrogen and oxygen atoms in total. The number of anilines is 1. The van der Waals surface area contributed by atoms with Crippen molar-refractivity contribution < 1.29 is 0 Å². The van der Waals surface area contributed by atoms with Crippen LogP contribution in [0.25, 0.3) is 16.7 Å². The maximum atomic E-state index is 6.04. The van der Waals surface area contributed by atoms with Gasteiger partial charge in [-0.3, -0.25) is 0 Å². The van der Waals surface area contributed by atoms with Crippen molar-refractivity contribution in [1.82, 2.24) is 15.0 Å². The highest BCUT2D eigenvalue weighted by atomic mass is 15.5. The Morgan fingerprint density at radius 2 is 1.68 bits per heavy atom.